The number of nitrogens with one attached hydrogen (secondary N) is 1. The van der Waals surface area contributed by atoms with Crippen molar-refractivity contribution in [3.63, 3.8) is 0 Å². The summed E-state index contributed by atoms with van der Waals surface area (Å²) in [4.78, 5) is 1.49. The minimum atomic E-state index is 0.479. The van der Waals surface area contributed by atoms with E-state index in [0.29, 0.717) is 6.04 Å². The second kappa shape index (κ2) is 6.23. The third kappa shape index (κ3) is 3.16. The highest BCUT2D eigenvalue weighted by Crippen LogP contribution is 2.40. The summed E-state index contributed by atoms with van der Waals surface area (Å²) >= 11 is 1.89. The molecule has 0 saturated heterocycles. The predicted octanol–water partition coefficient (Wildman–Crippen LogP) is 6.02. The van der Waals surface area contributed by atoms with Gasteiger partial charge in [0.25, 0.3) is 0 Å². The van der Waals surface area contributed by atoms with Crippen LogP contribution in [0.1, 0.15) is 53.3 Å². The van der Waals surface area contributed by atoms with Gasteiger partial charge < -0.3 is 5.32 Å². The summed E-state index contributed by atoms with van der Waals surface area (Å²) in [6.45, 7) is 6.63. The van der Waals surface area contributed by atoms with E-state index in [2.05, 4.69) is 55.7 Å². The van der Waals surface area contributed by atoms with Crippen molar-refractivity contribution >= 4 is 17.0 Å². The maximum absolute atomic E-state index is 3.90. The van der Waals surface area contributed by atoms with Crippen molar-refractivity contribution in [1.29, 1.82) is 0 Å². The SMILES string of the molecule is Cc1cc(C)c(NC(c2cccs2)C2CCCC2)c(C)c1. The largest absolute Gasteiger partial charge is 0.377 e. The Bertz CT molecular complexity index is 571. The number of anilines is 1. The van der Waals surface area contributed by atoms with Crippen molar-refractivity contribution in [2.24, 2.45) is 5.92 Å². The summed E-state index contributed by atoms with van der Waals surface area (Å²) in [5.74, 6) is 0.781. The number of thiophene rings is 1. The first-order valence-electron chi connectivity index (χ1n) is 8.03. The Morgan fingerprint density at radius 3 is 2.33 bits per heavy atom. The molecule has 1 fully saturated rings. The summed E-state index contributed by atoms with van der Waals surface area (Å²) in [7, 11) is 0. The van der Waals surface area contributed by atoms with E-state index < -0.39 is 0 Å². The number of benzene rings is 1. The topological polar surface area (TPSA) is 12.0 Å². The molecular formula is C19H25NS. The fourth-order valence-electron chi connectivity index (χ4n) is 3.74. The van der Waals surface area contributed by atoms with Gasteiger partial charge in [-0.15, -0.1) is 11.3 Å². The van der Waals surface area contributed by atoms with Gasteiger partial charge in [-0.25, -0.2) is 0 Å². The molecule has 0 radical (unpaired) electrons. The lowest BCUT2D eigenvalue weighted by Crippen LogP contribution is -2.19. The quantitative estimate of drug-likeness (QED) is 0.728. The molecule has 0 amide bonds. The minimum Gasteiger partial charge on any atom is -0.377 e. The zero-order chi connectivity index (χ0) is 14.8. The molecule has 1 aliphatic carbocycles. The average Bonchev–Trinajstić information content (AvgIpc) is 3.11. The number of aryl methyl sites for hydroxylation is 3. The molecule has 112 valence electrons. The van der Waals surface area contributed by atoms with E-state index in [4.69, 9.17) is 0 Å². The number of hydrogen-bond acceptors (Lipinski definition) is 2. The molecule has 1 heterocycles. The van der Waals surface area contributed by atoms with Crippen LogP contribution in [-0.2, 0) is 0 Å². The van der Waals surface area contributed by atoms with Gasteiger partial charge in [0, 0.05) is 10.6 Å². The van der Waals surface area contributed by atoms with Crippen LogP contribution in [0.2, 0.25) is 0 Å². The molecule has 1 N–H and O–H groups in total. The van der Waals surface area contributed by atoms with Gasteiger partial charge in [-0.3, -0.25) is 0 Å². The highest BCUT2D eigenvalue weighted by atomic mass is 32.1. The van der Waals surface area contributed by atoms with Crippen LogP contribution in [0, 0.1) is 26.7 Å². The second-order valence-electron chi connectivity index (χ2n) is 6.46. The molecule has 0 spiro atoms. The minimum absolute atomic E-state index is 0.479. The number of hydrogen-bond donors (Lipinski definition) is 1. The smallest absolute Gasteiger partial charge is 0.0634 e. The molecule has 1 atom stereocenters. The standard InChI is InChI=1S/C19H25NS/c1-13-11-14(2)18(15(3)12-13)20-19(16-7-4-5-8-16)17-9-6-10-21-17/h6,9-12,16,19-20H,4-5,7-8H2,1-3H3. The zero-order valence-corrected chi connectivity index (χ0v) is 14.1. The van der Waals surface area contributed by atoms with Gasteiger partial charge in [0.2, 0.25) is 0 Å². The van der Waals surface area contributed by atoms with Gasteiger partial charge in [0.15, 0.2) is 0 Å². The molecule has 0 aliphatic heterocycles. The third-order valence-corrected chi connectivity index (χ3v) is 5.65. The van der Waals surface area contributed by atoms with Gasteiger partial charge in [0.1, 0.15) is 0 Å². The lowest BCUT2D eigenvalue weighted by Gasteiger charge is -2.27. The van der Waals surface area contributed by atoms with Gasteiger partial charge >= 0.3 is 0 Å². The lowest BCUT2D eigenvalue weighted by molar-refractivity contribution is 0.475. The van der Waals surface area contributed by atoms with E-state index in [1.165, 1.54) is 52.9 Å². The normalized spacial score (nSPS) is 17.1. The molecule has 1 unspecified atom stereocenters. The van der Waals surface area contributed by atoms with Crippen LogP contribution >= 0.6 is 11.3 Å². The van der Waals surface area contributed by atoms with Gasteiger partial charge in [-0.2, -0.15) is 0 Å². The fraction of sp³-hybridized carbons (Fsp3) is 0.474. The van der Waals surface area contributed by atoms with E-state index in [1.54, 1.807) is 0 Å². The summed E-state index contributed by atoms with van der Waals surface area (Å²) in [6.07, 6.45) is 5.50. The van der Waals surface area contributed by atoms with Crippen LogP contribution in [-0.4, -0.2) is 0 Å². The molecule has 2 heteroatoms. The van der Waals surface area contributed by atoms with Crippen LogP contribution < -0.4 is 5.32 Å². The van der Waals surface area contributed by atoms with Crippen molar-refractivity contribution in [2.45, 2.75) is 52.5 Å². The molecule has 1 aromatic carbocycles. The molecule has 2 aromatic rings. The fourth-order valence-corrected chi connectivity index (χ4v) is 4.61. The van der Waals surface area contributed by atoms with Crippen molar-refractivity contribution in [1.82, 2.24) is 0 Å². The van der Waals surface area contributed by atoms with Gasteiger partial charge in [-0.05, 0) is 62.1 Å². The predicted molar refractivity (Wildman–Crippen MR) is 93.3 cm³/mol. The van der Waals surface area contributed by atoms with E-state index in [9.17, 15) is 0 Å². The van der Waals surface area contributed by atoms with E-state index in [-0.39, 0.29) is 0 Å². The molecule has 21 heavy (non-hydrogen) atoms. The molecule has 0 bridgehead atoms. The Labute approximate surface area is 132 Å². The Morgan fingerprint density at radius 1 is 1.10 bits per heavy atom. The monoisotopic (exact) mass is 299 g/mol. The van der Waals surface area contributed by atoms with E-state index in [1.807, 2.05) is 11.3 Å². The highest BCUT2D eigenvalue weighted by Gasteiger charge is 2.27. The Morgan fingerprint density at radius 2 is 1.76 bits per heavy atom. The molecule has 3 rings (SSSR count). The van der Waals surface area contributed by atoms with Crippen LogP contribution in [0.4, 0.5) is 5.69 Å². The molecule has 1 aliphatic rings. The Kier molecular flexibility index (Phi) is 4.34. The van der Waals surface area contributed by atoms with Gasteiger partial charge in [-0.1, -0.05) is 36.6 Å². The molecule has 1 aromatic heterocycles. The molecule has 1 saturated carbocycles. The Hall–Kier alpha value is -1.28. The third-order valence-electron chi connectivity index (χ3n) is 4.70. The molecule has 1 nitrogen and oxygen atoms in total. The van der Waals surface area contributed by atoms with Crippen LogP contribution in [0.5, 0.6) is 0 Å². The summed E-state index contributed by atoms with van der Waals surface area (Å²) in [5, 5.41) is 6.10. The summed E-state index contributed by atoms with van der Waals surface area (Å²) < 4.78 is 0. The van der Waals surface area contributed by atoms with Crippen molar-refractivity contribution < 1.29 is 0 Å². The van der Waals surface area contributed by atoms with Crippen LogP contribution in [0.3, 0.4) is 0 Å². The van der Waals surface area contributed by atoms with Gasteiger partial charge in [0.05, 0.1) is 6.04 Å². The number of rotatable bonds is 4. The van der Waals surface area contributed by atoms with Crippen molar-refractivity contribution in [3.8, 4) is 0 Å². The van der Waals surface area contributed by atoms with Crippen LogP contribution in [0.15, 0.2) is 29.6 Å². The van der Waals surface area contributed by atoms with E-state index in [0.717, 1.165) is 5.92 Å². The maximum Gasteiger partial charge on any atom is 0.0634 e. The second-order valence-corrected chi connectivity index (χ2v) is 7.43. The van der Waals surface area contributed by atoms with Crippen molar-refractivity contribution in [3.05, 3.63) is 51.2 Å². The first-order chi connectivity index (χ1) is 10.1. The average molecular weight is 299 g/mol. The lowest BCUT2D eigenvalue weighted by atomic mass is 9.95. The summed E-state index contributed by atoms with van der Waals surface area (Å²) in [5.41, 5.74) is 5.43. The van der Waals surface area contributed by atoms with Crippen molar-refractivity contribution in [2.75, 3.05) is 5.32 Å². The zero-order valence-electron chi connectivity index (χ0n) is 13.3. The summed E-state index contributed by atoms with van der Waals surface area (Å²) in [6, 6.07) is 9.52. The molecular weight excluding hydrogens is 274 g/mol. The van der Waals surface area contributed by atoms with Crippen LogP contribution in [0.25, 0.3) is 0 Å². The van der Waals surface area contributed by atoms with E-state index >= 15 is 0 Å². The Balaban J connectivity index is 1.91. The maximum atomic E-state index is 3.90. The first-order valence-corrected chi connectivity index (χ1v) is 8.91. The highest BCUT2D eigenvalue weighted by molar-refractivity contribution is 7.10. The first kappa shape index (κ1) is 14.6.